The van der Waals surface area contributed by atoms with Gasteiger partial charge in [0, 0.05) is 10.8 Å². The van der Waals surface area contributed by atoms with Gasteiger partial charge in [-0.3, -0.25) is 9.69 Å². The standard InChI is InChI=1S/C16H23NOS/c1-3-13-4-6-14(7-5-13)16(18)12-17-10-8-15(19-2)9-11-17/h4-7,15H,3,8-12H2,1-2H3. The molecule has 1 aromatic rings. The maximum absolute atomic E-state index is 12.2. The average Bonchev–Trinajstić information content (AvgIpc) is 2.48. The molecule has 2 nitrogen and oxygen atoms in total. The summed E-state index contributed by atoms with van der Waals surface area (Å²) < 4.78 is 0. The van der Waals surface area contributed by atoms with Crippen molar-refractivity contribution in [3.8, 4) is 0 Å². The highest BCUT2D eigenvalue weighted by atomic mass is 32.2. The number of benzene rings is 1. The summed E-state index contributed by atoms with van der Waals surface area (Å²) in [4.78, 5) is 14.5. The van der Waals surface area contributed by atoms with Crippen molar-refractivity contribution < 1.29 is 4.79 Å². The van der Waals surface area contributed by atoms with Crippen LogP contribution in [0.25, 0.3) is 0 Å². The molecule has 3 heteroatoms. The van der Waals surface area contributed by atoms with Crippen LogP contribution in [0.4, 0.5) is 0 Å². The third-order valence-corrected chi connectivity index (χ3v) is 5.06. The van der Waals surface area contributed by atoms with Crippen LogP contribution in [0.1, 0.15) is 35.7 Å². The largest absolute Gasteiger partial charge is 0.296 e. The third-order valence-electron chi connectivity index (χ3n) is 3.92. The number of hydrogen-bond acceptors (Lipinski definition) is 3. The van der Waals surface area contributed by atoms with Crippen LogP contribution in [0, 0.1) is 0 Å². The number of rotatable bonds is 5. The Morgan fingerprint density at radius 1 is 1.26 bits per heavy atom. The Labute approximate surface area is 120 Å². The number of carbonyl (C=O) groups is 1. The first kappa shape index (κ1) is 14.6. The first-order valence-corrected chi connectivity index (χ1v) is 8.39. The van der Waals surface area contributed by atoms with Gasteiger partial charge in [-0.05, 0) is 44.2 Å². The molecule has 2 rings (SSSR count). The summed E-state index contributed by atoms with van der Waals surface area (Å²) in [6.07, 6.45) is 5.63. The molecule has 0 amide bonds. The van der Waals surface area contributed by atoms with Gasteiger partial charge in [0.25, 0.3) is 0 Å². The minimum Gasteiger partial charge on any atom is -0.296 e. The van der Waals surface area contributed by atoms with Crippen LogP contribution >= 0.6 is 11.8 Å². The summed E-state index contributed by atoms with van der Waals surface area (Å²) in [5.74, 6) is 0.255. The number of nitrogens with zero attached hydrogens (tertiary/aromatic N) is 1. The zero-order valence-electron chi connectivity index (χ0n) is 11.9. The highest BCUT2D eigenvalue weighted by Gasteiger charge is 2.20. The normalized spacial score (nSPS) is 17.6. The second kappa shape index (κ2) is 7.11. The Morgan fingerprint density at radius 2 is 1.89 bits per heavy atom. The van der Waals surface area contributed by atoms with Crippen LogP contribution < -0.4 is 0 Å². The lowest BCUT2D eigenvalue weighted by Crippen LogP contribution is -2.38. The number of piperidine rings is 1. The van der Waals surface area contributed by atoms with E-state index in [1.807, 2.05) is 23.9 Å². The number of thioether (sulfide) groups is 1. The Morgan fingerprint density at radius 3 is 2.42 bits per heavy atom. The molecule has 0 saturated carbocycles. The van der Waals surface area contributed by atoms with E-state index in [1.165, 1.54) is 18.4 Å². The molecule has 0 aromatic heterocycles. The van der Waals surface area contributed by atoms with Crippen molar-refractivity contribution in [2.24, 2.45) is 0 Å². The van der Waals surface area contributed by atoms with Gasteiger partial charge in [0.05, 0.1) is 6.54 Å². The molecule has 1 fully saturated rings. The number of ketones is 1. The lowest BCUT2D eigenvalue weighted by Gasteiger charge is -2.30. The monoisotopic (exact) mass is 277 g/mol. The van der Waals surface area contributed by atoms with Crippen LogP contribution in [0.5, 0.6) is 0 Å². The van der Waals surface area contributed by atoms with Gasteiger partial charge in [0.2, 0.25) is 0 Å². The van der Waals surface area contributed by atoms with E-state index in [4.69, 9.17) is 0 Å². The van der Waals surface area contributed by atoms with E-state index in [-0.39, 0.29) is 5.78 Å². The third kappa shape index (κ3) is 4.08. The molecular weight excluding hydrogens is 254 g/mol. The predicted molar refractivity (Wildman–Crippen MR) is 83.1 cm³/mol. The molecule has 1 aromatic carbocycles. The second-order valence-corrected chi connectivity index (χ2v) is 6.32. The number of aryl methyl sites for hydroxylation is 1. The molecule has 0 N–H and O–H groups in total. The van der Waals surface area contributed by atoms with Crippen molar-refractivity contribution in [2.75, 3.05) is 25.9 Å². The maximum Gasteiger partial charge on any atom is 0.176 e. The SMILES string of the molecule is CCc1ccc(C(=O)CN2CCC(SC)CC2)cc1. The van der Waals surface area contributed by atoms with E-state index in [9.17, 15) is 4.79 Å². The Balaban J connectivity index is 1.87. The Bertz CT molecular complexity index is 407. The molecule has 0 bridgehead atoms. The van der Waals surface area contributed by atoms with Gasteiger partial charge in [-0.2, -0.15) is 11.8 Å². The topological polar surface area (TPSA) is 20.3 Å². The highest BCUT2D eigenvalue weighted by Crippen LogP contribution is 2.21. The molecule has 0 unspecified atom stereocenters. The number of hydrogen-bond donors (Lipinski definition) is 0. The average molecular weight is 277 g/mol. The van der Waals surface area contributed by atoms with Crippen LogP contribution in [0.2, 0.25) is 0 Å². The van der Waals surface area contributed by atoms with E-state index in [0.717, 1.165) is 30.3 Å². The van der Waals surface area contributed by atoms with Crippen molar-refractivity contribution in [1.82, 2.24) is 4.90 Å². The second-order valence-electron chi connectivity index (χ2n) is 5.18. The quantitative estimate of drug-likeness (QED) is 0.771. The fourth-order valence-electron chi connectivity index (χ4n) is 2.52. The number of likely N-dealkylation sites (tertiary alicyclic amines) is 1. The molecule has 19 heavy (non-hydrogen) atoms. The van der Waals surface area contributed by atoms with Gasteiger partial charge >= 0.3 is 0 Å². The first-order valence-electron chi connectivity index (χ1n) is 7.10. The van der Waals surface area contributed by atoms with Crippen LogP contribution in [0.3, 0.4) is 0 Å². The molecule has 0 spiro atoms. The molecule has 104 valence electrons. The maximum atomic E-state index is 12.2. The molecule has 0 aliphatic carbocycles. The predicted octanol–water partition coefficient (Wildman–Crippen LogP) is 3.26. The summed E-state index contributed by atoms with van der Waals surface area (Å²) in [7, 11) is 0. The summed E-state index contributed by atoms with van der Waals surface area (Å²) in [6.45, 7) is 4.83. The van der Waals surface area contributed by atoms with Crippen molar-refractivity contribution >= 4 is 17.5 Å². The molecule has 1 heterocycles. The van der Waals surface area contributed by atoms with E-state index in [1.54, 1.807) is 0 Å². The van der Waals surface area contributed by atoms with Crippen LogP contribution in [-0.2, 0) is 6.42 Å². The van der Waals surface area contributed by atoms with Crippen molar-refractivity contribution in [3.63, 3.8) is 0 Å². The smallest absolute Gasteiger partial charge is 0.176 e. The van der Waals surface area contributed by atoms with Gasteiger partial charge in [-0.25, -0.2) is 0 Å². The molecule has 1 aliphatic rings. The highest BCUT2D eigenvalue weighted by molar-refractivity contribution is 7.99. The molecule has 0 radical (unpaired) electrons. The van der Waals surface area contributed by atoms with Crippen molar-refractivity contribution in [1.29, 1.82) is 0 Å². The van der Waals surface area contributed by atoms with Gasteiger partial charge in [-0.1, -0.05) is 31.2 Å². The van der Waals surface area contributed by atoms with E-state index < -0.39 is 0 Å². The minimum absolute atomic E-state index is 0.255. The fraction of sp³-hybridized carbons (Fsp3) is 0.562. The zero-order chi connectivity index (χ0) is 13.7. The summed E-state index contributed by atoms with van der Waals surface area (Å²) >= 11 is 1.96. The van der Waals surface area contributed by atoms with E-state index in [2.05, 4.69) is 30.2 Å². The van der Waals surface area contributed by atoms with Gasteiger partial charge in [0.1, 0.15) is 0 Å². The fourth-order valence-corrected chi connectivity index (χ4v) is 3.21. The van der Waals surface area contributed by atoms with Crippen LogP contribution in [0.15, 0.2) is 24.3 Å². The van der Waals surface area contributed by atoms with Gasteiger partial charge in [-0.15, -0.1) is 0 Å². The number of Topliss-reactive ketones (excluding diaryl/α,β-unsaturated/α-hetero) is 1. The van der Waals surface area contributed by atoms with E-state index in [0.29, 0.717) is 6.54 Å². The zero-order valence-corrected chi connectivity index (χ0v) is 12.7. The lowest BCUT2D eigenvalue weighted by molar-refractivity contribution is 0.0917. The Hall–Kier alpha value is -0.800. The molecule has 1 aliphatic heterocycles. The first-order chi connectivity index (χ1) is 9.22. The van der Waals surface area contributed by atoms with Crippen molar-refractivity contribution in [3.05, 3.63) is 35.4 Å². The van der Waals surface area contributed by atoms with Crippen molar-refractivity contribution in [2.45, 2.75) is 31.4 Å². The lowest BCUT2D eigenvalue weighted by atomic mass is 10.1. The Kier molecular flexibility index (Phi) is 5.46. The van der Waals surface area contributed by atoms with Gasteiger partial charge < -0.3 is 0 Å². The summed E-state index contributed by atoms with van der Waals surface area (Å²) in [5.41, 5.74) is 2.14. The van der Waals surface area contributed by atoms with E-state index >= 15 is 0 Å². The molecular formula is C16H23NOS. The van der Waals surface area contributed by atoms with Crippen LogP contribution in [-0.4, -0.2) is 41.8 Å². The molecule has 1 saturated heterocycles. The summed E-state index contributed by atoms with van der Waals surface area (Å²) in [6, 6.07) is 8.06. The van der Waals surface area contributed by atoms with Gasteiger partial charge in [0.15, 0.2) is 5.78 Å². The minimum atomic E-state index is 0.255. The number of carbonyl (C=O) groups excluding carboxylic acids is 1. The summed E-state index contributed by atoms with van der Waals surface area (Å²) in [5, 5.41) is 0.787. The molecule has 0 atom stereocenters.